The smallest absolute Gasteiger partial charge is 0.139 e. The fraction of sp³-hybridized carbons (Fsp3) is 0.429. The number of carbonyl (C=O) groups is 1. The molecule has 1 heterocycles. The van der Waals surface area contributed by atoms with Crippen LogP contribution < -0.4 is 5.11 Å². The molecule has 0 aliphatic rings. The van der Waals surface area contributed by atoms with Crippen LogP contribution in [0.25, 0.3) is 0 Å². The molecule has 0 bridgehead atoms. The largest absolute Gasteiger partial charge is 0.542 e. The number of hydrogen-bond acceptors (Lipinski definition) is 6. The number of aliphatic hydroxyl groups excluding tert-OH is 2. The van der Waals surface area contributed by atoms with Gasteiger partial charge in [0.1, 0.15) is 17.1 Å². The summed E-state index contributed by atoms with van der Waals surface area (Å²) in [7, 11) is 0. The lowest BCUT2D eigenvalue weighted by molar-refractivity contribution is -0.255. The predicted molar refractivity (Wildman–Crippen MR) is 48.1 cm³/mol. The highest BCUT2D eigenvalue weighted by atomic mass is 35.5. The number of carboxylic acids is 1. The SMILES string of the molecule is O=C([O-])c1nc(C(O)C(O)CCl)cs1. The van der Waals surface area contributed by atoms with Crippen molar-refractivity contribution in [2.75, 3.05) is 5.88 Å². The zero-order valence-corrected chi connectivity index (χ0v) is 8.46. The number of thiazole rings is 1. The Morgan fingerprint density at radius 3 is 2.79 bits per heavy atom. The Kier molecular flexibility index (Phi) is 3.82. The van der Waals surface area contributed by atoms with Crippen molar-refractivity contribution in [1.82, 2.24) is 4.98 Å². The van der Waals surface area contributed by atoms with Gasteiger partial charge in [-0.25, -0.2) is 4.98 Å². The molecule has 78 valence electrons. The summed E-state index contributed by atoms with van der Waals surface area (Å²) < 4.78 is 0. The van der Waals surface area contributed by atoms with Gasteiger partial charge in [0.15, 0.2) is 0 Å². The van der Waals surface area contributed by atoms with Crippen molar-refractivity contribution in [1.29, 1.82) is 0 Å². The number of hydrogen-bond donors (Lipinski definition) is 2. The normalized spacial score (nSPS) is 15.1. The van der Waals surface area contributed by atoms with Gasteiger partial charge in [-0.05, 0) is 0 Å². The number of carboxylic acid groups (broad SMARTS) is 1. The van der Waals surface area contributed by atoms with Crippen LogP contribution in [-0.4, -0.2) is 33.2 Å². The van der Waals surface area contributed by atoms with E-state index in [0.717, 1.165) is 11.3 Å². The summed E-state index contributed by atoms with van der Waals surface area (Å²) in [6.45, 7) is 0. The third kappa shape index (κ3) is 2.42. The van der Waals surface area contributed by atoms with Gasteiger partial charge in [0, 0.05) is 5.38 Å². The van der Waals surface area contributed by atoms with E-state index < -0.39 is 18.2 Å². The van der Waals surface area contributed by atoms with Crippen LogP contribution in [0.5, 0.6) is 0 Å². The van der Waals surface area contributed by atoms with Crippen molar-refractivity contribution in [3.8, 4) is 0 Å². The van der Waals surface area contributed by atoms with E-state index in [9.17, 15) is 15.0 Å². The minimum atomic E-state index is -1.41. The van der Waals surface area contributed by atoms with E-state index in [4.69, 9.17) is 16.7 Å². The van der Waals surface area contributed by atoms with Gasteiger partial charge in [-0.15, -0.1) is 22.9 Å². The average Bonchev–Trinajstić information content (AvgIpc) is 2.64. The Hall–Kier alpha value is -0.690. The van der Waals surface area contributed by atoms with E-state index >= 15 is 0 Å². The third-order valence-corrected chi connectivity index (χ3v) is 2.68. The Morgan fingerprint density at radius 1 is 1.71 bits per heavy atom. The number of aliphatic hydroxyl groups is 2. The topological polar surface area (TPSA) is 93.5 Å². The summed E-state index contributed by atoms with van der Waals surface area (Å²) in [5, 5.41) is 30.0. The van der Waals surface area contributed by atoms with Crippen molar-refractivity contribution >= 4 is 28.9 Å². The van der Waals surface area contributed by atoms with E-state index in [-0.39, 0.29) is 16.6 Å². The zero-order valence-electron chi connectivity index (χ0n) is 6.88. The minimum Gasteiger partial charge on any atom is -0.542 e. The van der Waals surface area contributed by atoms with Gasteiger partial charge in [0.25, 0.3) is 0 Å². The molecular weight excluding hydrogens is 230 g/mol. The highest BCUT2D eigenvalue weighted by molar-refractivity contribution is 7.11. The molecule has 0 fully saturated rings. The zero-order chi connectivity index (χ0) is 10.7. The van der Waals surface area contributed by atoms with Gasteiger partial charge in [-0.1, -0.05) is 0 Å². The lowest BCUT2D eigenvalue weighted by Crippen LogP contribution is -2.23. The Morgan fingerprint density at radius 2 is 2.36 bits per heavy atom. The number of aromatic nitrogens is 1. The summed E-state index contributed by atoms with van der Waals surface area (Å²) in [6, 6.07) is 0. The minimum absolute atomic E-state index is 0.0855. The first-order valence-electron chi connectivity index (χ1n) is 3.65. The Balaban J connectivity index is 2.81. The molecule has 0 saturated carbocycles. The van der Waals surface area contributed by atoms with E-state index in [2.05, 4.69) is 4.98 Å². The van der Waals surface area contributed by atoms with Crippen LogP contribution in [0.1, 0.15) is 21.6 Å². The molecule has 7 heteroatoms. The van der Waals surface area contributed by atoms with Crippen molar-refractivity contribution in [3.05, 3.63) is 16.1 Å². The van der Waals surface area contributed by atoms with E-state index in [1.807, 2.05) is 0 Å². The summed E-state index contributed by atoms with van der Waals surface area (Å²) in [5.74, 6) is -1.56. The number of nitrogens with zero attached hydrogens (tertiary/aromatic N) is 1. The predicted octanol–water partition coefficient (Wildman–Crippen LogP) is -0.860. The van der Waals surface area contributed by atoms with Crippen LogP contribution in [-0.2, 0) is 0 Å². The molecule has 0 aromatic carbocycles. The molecule has 2 atom stereocenters. The van der Waals surface area contributed by atoms with E-state index in [0.29, 0.717) is 0 Å². The molecule has 1 aromatic rings. The van der Waals surface area contributed by atoms with Crippen molar-refractivity contribution < 1.29 is 20.1 Å². The van der Waals surface area contributed by atoms with Crippen LogP contribution in [0, 0.1) is 0 Å². The summed E-state index contributed by atoms with van der Waals surface area (Å²) in [4.78, 5) is 13.9. The second-order valence-corrected chi connectivity index (χ2v) is 3.70. The molecule has 5 nitrogen and oxygen atoms in total. The first-order chi connectivity index (χ1) is 6.56. The van der Waals surface area contributed by atoms with Crippen LogP contribution in [0.2, 0.25) is 0 Å². The van der Waals surface area contributed by atoms with Crippen molar-refractivity contribution in [3.63, 3.8) is 0 Å². The van der Waals surface area contributed by atoms with Crippen molar-refractivity contribution in [2.45, 2.75) is 12.2 Å². The number of rotatable bonds is 4. The first-order valence-corrected chi connectivity index (χ1v) is 5.06. The van der Waals surface area contributed by atoms with Gasteiger partial charge in [0.2, 0.25) is 0 Å². The van der Waals surface area contributed by atoms with Crippen LogP contribution >= 0.6 is 22.9 Å². The van der Waals surface area contributed by atoms with E-state index in [1.165, 1.54) is 5.38 Å². The maximum Gasteiger partial charge on any atom is 0.139 e. The first kappa shape index (κ1) is 11.4. The highest BCUT2D eigenvalue weighted by Crippen LogP contribution is 2.19. The molecule has 0 spiro atoms. The monoisotopic (exact) mass is 236 g/mol. The van der Waals surface area contributed by atoms with E-state index in [1.54, 1.807) is 0 Å². The van der Waals surface area contributed by atoms with Crippen LogP contribution in [0.15, 0.2) is 5.38 Å². The van der Waals surface area contributed by atoms with Gasteiger partial charge in [0.05, 0.1) is 17.7 Å². The fourth-order valence-electron chi connectivity index (χ4n) is 0.797. The molecule has 14 heavy (non-hydrogen) atoms. The van der Waals surface area contributed by atoms with Crippen molar-refractivity contribution in [2.24, 2.45) is 0 Å². The second kappa shape index (κ2) is 4.70. The molecule has 0 amide bonds. The molecule has 1 aromatic heterocycles. The quantitative estimate of drug-likeness (QED) is 0.664. The molecule has 1 rings (SSSR count). The van der Waals surface area contributed by atoms with Gasteiger partial charge in [-0.3, -0.25) is 0 Å². The number of halogens is 1. The Bertz CT molecular complexity index is 329. The fourth-order valence-corrected chi connectivity index (χ4v) is 1.64. The average molecular weight is 237 g/mol. The second-order valence-electron chi connectivity index (χ2n) is 2.53. The molecule has 0 radical (unpaired) electrons. The lowest BCUT2D eigenvalue weighted by atomic mass is 10.2. The number of aromatic carboxylic acids is 1. The standard InChI is InChI=1S/C7H8ClNO4S/c8-1-4(10)5(11)3-2-14-6(9-3)7(12)13/h2,4-5,10-11H,1H2,(H,12,13)/p-1. The number of alkyl halides is 1. The summed E-state index contributed by atoms with van der Waals surface area (Å²) in [6.07, 6.45) is -2.43. The molecule has 2 N–H and O–H groups in total. The summed E-state index contributed by atoms with van der Waals surface area (Å²) in [5.41, 5.74) is 0.0855. The van der Waals surface area contributed by atoms with Gasteiger partial charge >= 0.3 is 0 Å². The molecule has 2 unspecified atom stereocenters. The molecule has 0 aliphatic carbocycles. The molecule has 0 saturated heterocycles. The molecule has 0 aliphatic heterocycles. The lowest BCUT2D eigenvalue weighted by Gasteiger charge is -2.12. The highest BCUT2D eigenvalue weighted by Gasteiger charge is 2.20. The van der Waals surface area contributed by atoms with Gasteiger partial charge < -0.3 is 20.1 Å². The third-order valence-electron chi connectivity index (χ3n) is 1.52. The number of carbonyl (C=O) groups excluding carboxylic acids is 1. The van der Waals surface area contributed by atoms with Crippen LogP contribution in [0.3, 0.4) is 0 Å². The summed E-state index contributed by atoms with van der Waals surface area (Å²) >= 11 is 6.13. The Labute approximate surface area is 88.6 Å². The van der Waals surface area contributed by atoms with Crippen LogP contribution in [0.4, 0.5) is 0 Å². The maximum absolute atomic E-state index is 10.3. The van der Waals surface area contributed by atoms with Gasteiger partial charge in [-0.2, -0.15) is 0 Å². The maximum atomic E-state index is 10.3. The molecular formula is C7H7ClNO4S-.